The Morgan fingerprint density at radius 3 is 2.62 bits per heavy atom. The lowest BCUT2D eigenvalue weighted by Crippen LogP contribution is -2.52. The van der Waals surface area contributed by atoms with Crippen LogP contribution in [0.2, 0.25) is 0 Å². The van der Waals surface area contributed by atoms with E-state index >= 15 is 0 Å². The number of aliphatic hydroxyl groups excluding tert-OH is 3. The lowest BCUT2D eigenvalue weighted by atomic mass is 9.90. The minimum Gasteiger partial charge on any atom is -0.390 e. The molecule has 4 atom stereocenters. The van der Waals surface area contributed by atoms with Gasteiger partial charge < -0.3 is 25.0 Å². The molecular formula is C18H23NO5. The quantitative estimate of drug-likeness (QED) is 0.718. The predicted molar refractivity (Wildman–Crippen MR) is 87.0 cm³/mol. The van der Waals surface area contributed by atoms with Gasteiger partial charge in [0.05, 0.1) is 19.3 Å². The first-order valence-corrected chi connectivity index (χ1v) is 8.14. The first kappa shape index (κ1) is 17.1. The zero-order valence-corrected chi connectivity index (χ0v) is 13.6. The summed E-state index contributed by atoms with van der Waals surface area (Å²) in [7, 11) is 0. The normalized spacial score (nSPS) is 33.9. The number of nitrogens with zero attached hydrogens (tertiary/aromatic N) is 1. The van der Waals surface area contributed by atoms with Crippen LogP contribution in [0.1, 0.15) is 18.9 Å². The van der Waals surface area contributed by atoms with E-state index in [9.17, 15) is 20.1 Å². The molecule has 2 aliphatic rings. The predicted octanol–water partition coefficient (Wildman–Crippen LogP) is 0.173. The number of aliphatic hydroxyl groups is 3. The van der Waals surface area contributed by atoms with Gasteiger partial charge in [0, 0.05) is 18.5 Å². The Hall–Kier alpha value is -1.73. The molecule has 1 aliphatic carbocycles. The first-order chi connectivity index (χ1) is 11.4. The fourth-order valence-corrected chi connectivity index (χ4v) is 3.32. The number of rotatable bonds is 2. The molecule has 1 aromatic rings. The molecule has 0 bridgehead atoms. The molecular weight excluding hydrogens is 310 g/mol. The second-order valence-electron chi connectivity index (χ2n) is 6.62. The highest BCUT2D eigenvalue weighted by Gasteiger charge is 2.38. The van der Waals surface area contributed by atoms with E-state index in [4.69, 9.17) is 4.74 Å². The highest BCUT2D eigenvalue weighted by Crippen LogP contribution is 2.31. The van der Waals surface area contributed by atoms with Gasteiger partial charge in [0.2, 0.25) is 5.91 Å². The molecule has 6 heteroatoms. The molecule has 1 unspecified atom stereocenters. The minimum absolute atomic E-state index is 0.0382. The summed E-state index contributed by atoms with van der Waals surface area (Å²) in [6.07, 6.45) is -2.23. The molecule has 3 rings (SSSR count). The van der Waals surface area contributed by atoms with Crippen LogP contribution in [0.15, 0.2) is 42.0 Å². The van der Waals surface area contributed by atoms with Crippen LogP contribution in [-0.2, 0) is 15.1 Å². The maximum Gasteiger partial charge on any atom is 0.249 e. The third-order valence-electron chi connectivity index (χ3n) is 4.77. The third kappa shape index (κ3) is 3.23. The highest BCUT2D eigenvalue weighted by atomic mass is 16.5. The Balaban J connectivity index is 1.78. The van der Waals surface area contributed by atoms with E-state index in [0.29, 0.717) is 25.3 Å². The minimum atomic E-state index is -1.25. The van der Waals surface area contributed by atoms with Crippen LogP contribution in [0.5, 0.6) is 0 Å². The van der Waals surface area contributed by atoms with E-state index in [1.807, 2.05) is 37.3 Å². The fraction of sp³-hybridized carbons (Fsp3) is 0.500. The summed E-state index contributed by atoms with van der Waals surface area (Å²) < 4.78 is 5.93. The second kappa shape index (κ2) is 6.64. The van der Waals surface area contributed by atoms with E-state index in [1.165, 1.54) is 6.08 Å². The van der Waals surface area contributed by atoms with E-state index < -0.39 is 23.9 Å². The number of morpholine rings is 1. The van der Waals surface area contributed by atoms with Gasteiger partial charge in [-0.1, -0.05) is 30.3 Å². The Bertz CT molecular complexity index is 632. The first-order valence-electron chi connectivity index (χ1n) is 8.14. The second-order valence-corrected chi connectivity index (χ2v) is 6.62. The molecule has 0 spiro atoms. The van der Waals surface area contributed by atoms with Crippen LogP contribution in [0.3, 0.4) is 0 Å². The topological polar surface area (TPSA) is 90.2 Å². The molecule has 0 saturated carbocycles. The summed E-state index contributed by atoms with van der Waals surface area (Å²) in [6.45, 7) is 3.21. The largest absolute Gasteiger partial charge is 0.390 e. The lowest BCUT2D eigenvalue weighted by Gasteiger charge is -2.41. The average molecular weight is 333 g/mol. The van der Waals surface area contributed by atoms with Crippen LogP contribution >= 0.6 is 0 Å². The molecule has 24 heavy (non-hydrogen) atoms. The molecule has 0 aromatic heterocycles. The highest BCUT2D eigenvalue weighted by molar-refractivity contribution is 5.94. The van der Waals surface area contributed by atoms with Crippen molar-refractivity contribution in [2.45, 2.75) is 37.3 Å². The van der Waals surface area contributed by atoms with Crippen molar-refractivity contribution in [3.8, 4) is 0 Å². The summed E-state index contributed by atoms with van der Waals surface area (Å²) in [5, 5.41) is 29.2. The summed E-state index contributed by atoms with van der Waals surface area (Å²) in [5.74, 6) is -0.231. The SMILES string of the molecule is CC1(c2ccccc2)CN(C(=O)C2=C[C@@H](O)[C@@H](O)[C@H](O)C2)CCO1. The number of amides is 1. The Labute approximate surface area is 141 Å². The van der Waals surface area contributed by atoms with Gasteiger partial charge in [-0.05, 0) is 18.6 Å². The molecule has 3 N–H and O–H groups in total. The van der Waals surface area contributed by atoms with Crippen molar-refractivity contribution in [1.82, 2.24) is 4.90 Å². The fourth-order valence-electron chi connectivity index (χ4n) is 3.32. The number of benzene rings is 1. The summed E-state index contributed by atoms with van der Waals surface area (Å²) in [5.41, 5.74) is 0.731. The van der Waals surface area contributed by atoms with Crippen LogP contribution in [0.4, 0.5) is 0 Å². The van der Waals surface area contributed by atoms with Gasteiger partial charge in [0.1, 0.15) is 17.8 Å². The molecule has 1 amide bonds. The maximum absolute atomic E-state index is 12.8. The van der Waals surface area contributed by atoms with Crippen molar-refractivity contribution >= 4 is 5.91 Å². The molecule has 1 aromatic carbocycles. The van der Waals surface area contributed by atoms with Crippen molar-refractivity contribution in [1.29, 1.82) is 0 Å². The Morgan fingerprint density at radius 2 is 1.96 bits per heavy atom. The van der Waals surface area contributed by atoms with Gasteiger partial charge in [-0.3, -0.25) is 4.79 Å². The molecule has 130 valence electrons. The van der Waals surface area contributed by atoms with Gasteiger partial charge in [-0.2, -0.15) is 0 Å². The number of carbonyl (C=O) groups is 1. The van der Waals surface area contributed by atoms with Gasteiger partial charge in [-0.15, -0.1) is 0 Å². The zero-order valence-electron chi connectivity index (χ0n) is 13.6. The van der Waals surface area contributed by atoms with Gasteiger partial charge in [0.15, 0.2) is 0 Å². The van der Waals surface area contributed by atoms with E-state index in [1.54, 1.807) is 4.90 Å². The monoisotopic (exact) mass is 333 g/mol. The maximum atomic E-state index is 12.8. The van der Waals surface area contributed by atoms with Crippen molar-refractivity contribution in [2.75, 3.05) is 19.7 Å². The van der Waals surface area contributed by atoms with Crippen molar-refractivity contribution in [2.24, 2.45) is 0 Å². The summed E-state index contributed by atoms with van der Waals surface area (Å²) in [6, 6.07) is 9.74. The van der Waals surface area contributed by atoms with Gasteiger partial charge >= 0.3 is 0 Å². The van der Waals surface area contributed by atoms with E-state index in [0.717, 1.165) is 5.56 Å². The zero-order chi connectivity index (χ0) is 17.3. The smallest absolute Gasteiger partial charge is 0.249 e. The third-order valence-corrected chi connectivity index (χ3v) is 4.77. The van der Waals surface area contributed by atoms with Crippen LogP contribution < -0.4 is 0 Å². The van der Waals surface area contributed by atoms with E-state index in [-0.39, 0.29) is 12.3 Å². The lowest BCUT2D eigenvalue weighted by molar-refractivity contribution is -0.147. The molecule has 1 heterocycles. The van der Waals surface area contributed by atoms with Crippen molar-refractivity contribution in [3.63, 3.8) is 0 Å². The Morgan fingerprint density at radius 1 is 1.25 bits per heavy atom. The molecule has 6 nitrogen and oxygen atoms in total. The standard InChI is InChI=1S/C18H23NO5/c1-18(13-5-3-2-4-6-13)11-19(7-8-24-18)17(23)12-9-14(20)16(22)15(21)10-12/h2-6,9,14-16,20-22H,7-8,10-11H2,1H3/t14-,15-,16-,18?/m1/s1. The van der Waals surface area contributed by atoms with Crippen LogP contribution in [-0.4, -0.2) is 64.1 Å². The summed E-state index contributed by atoms with van der Waals surface area (Å²) in [4.78, 5) is 14.4. The van der Waals surface area contributed by atoms with E-state index in [2.05, 4.69) is 0 Å². The van der Waals surface area contributed by atoms with Crippen molar-refractivity contribution < 1.29 is 24.9 Å². The molecule has 1 aliphatic heterocycles. The summed E-state index contributed by atoms with van der Waals surface area (Å²) >= 11 is 0. The number of hydrogen-bond acceptors (Lipinski definition) is 5. The molecule has 1 saturated heterocycles. The Kier molecular flexibility index (Phi) is 4.73. The van der Waals surface area contributed by atoms with Crippen molar-refractivity contribution in [3.05, 3.63) is 47.5 Å². The molecule has 0 radical (unpaired) electrons. The van der Waals surface area contributed by atoms with Gasteiger partial charge in [-0.25, -0.2) is 0 Å². The van der Waals surface area contributed by atoms with Crippen LogP contribution in [0, 0.1) is 0 Å². The average Bonchev–Trinajstić information content (AvgIpc) is 2.59. The molecule has 1 fully saturated rings. The van der Waals surface area contributed by atoms with Crippen LogP contribution in [0.25, 0.3) is 0 Å². The number of carbonyl (C=O) groups excluding carboxylic acids is 1. The number of hydrogen-bond donors (Lipinski definition) is 3. The number of ether oxygens (including phenoxy) is 1. The van der Waals surface area contributed by atoms with Gasteiger partial charge in [0.25, 0.3) is 0 Å².